The Balaban J connectivity index is 1.17. The van der Waals surface area contributed by atoms with Crippen LogP contribution in [0.2, 0.25) is 0 Å². The highest BCUT2D eigenvalue weighted by atomic mass is 14.5. The van der Waals surface area contributed by atoms with Gasteiger partial charge in [0.05, 0.1) is 0 Å². The molecule has 0 heteroatoms. The number of hydrogen-bond donors (Lipinski definition) is 0. The summed E-state index contributed by atoms with van der Waals surface area (Å²) in [6.45, 7) is 0. The zero-order chi connectivity index (χ0) is 29.9. The average molecular weight is 583 g/mol. The Morgan fingerprint density at radius 2 is 0.391 bits per heavy atom. The summed E-state index contributed by atoms with van der Waals surface area (Å²) in [5.74, 6) is 1.10. The Morgan fingerprint density at radius 1 is 0.196 bits per heavy atom. The van der Waals surface area contributed by atoms with E-state index < -0.39 is 0 Å². The molecule has 0 saturated heterocycles. The molecule has 0 N–H and O–H groups in total. The van der Waals surface area contributed by atoms with Gasteiger partial charge in [0.1, 0.15) is 0 Å². The van der Waals surface area contributed by atoms with Crippen LogP contribution in [0, 0.1) is 0 Å². The summed E-state index contributed by atoms with van der Waals surface area (Å²) in [5, 5.41) is 0. The van der Waals surface area contributed by atoms with E-state index in [0.717, 1.165) is 0 Å². The van der Waals surface area contributed by atoms with Crippen molar-refractivity contribution in [3.63, 3.8) is 0 Å². The number of hydrogen-bond acceptors (Lipinski definition) is 0. The molecule has 0 amide bonds. The highest BCUT2D eigenvalue weighted by Gasteiger charge is 2.45. The van der Waals surface area contributed by atoms with Gasteiger partial charge in [-0.3, -0.25) is 0 Å². The summed E-state index contributed by atoms with van der Waals surface area (Å²) in [6.07, 6.45) is 0. The first kappa shape index (κ1) is 24.8. The number of rotatable bonds is 2. The zero-order valence-corrected chi connectivity index (χ0v) is 25.3. The van der Waals surface area contributed by atoms with E-state index in [1.165, 1.54) is 89.0 Å². The van der Waals surface area contributed by atoms with E-state index in [1.807, 2.05) is 0 Å². The van der Waals surface area contributed by atoms with Crippen LogP contribution in [-0.2, 0) is 0 Å². The minimum absolute atomic E-state index is 0.264. The molecular formula is C46H30. The van der Waals surface area contributed by atoms with Crippen molar-refractivity contribution in [1.82, 2.24) is 0 Å². The van der Waals surface area contributed by atoms with Gasteiger partial charge in [-0.25, -0.2) is 0 Å². The van der Waals surface area contributed by atoms with Gasteiger partial charge >= 0.3 is 0 Å². The fraction of sp³-hybridized carbons (Fsp3) is 0.0870. The van der Waals surface area contributed by atoms with Crippen molar-refractivity contribution in [1.29, 1.82) is 0 Å². The van der Waals surface area contributed by atoms with Crippen LogP contribution in [0.5, 0.6) is 0 Å². The molecule has 0 spiro atoms. The molecule has 7 aromatic rings. The van der Waals surface area contributed by atoms with E-state index in [9.17, 15) is 0 Å². The fourth-order valence-corrected chi connectivity index (χ4v) is 9.80. The first-order chi connectivity index (χ1) is 22.9. The van der Waals surface area contributed by atoms with Crippen LogP contribution in [0.4, 0.5) is 0 Å². The smallest absolute Gasteiger partial charge is 0.0212 e. The molecule has 2 unspecified atom stereocenters. The average Bonchev–Trinajstić information content (AvgIpc) is 3.82. The third-order valence-electron chi connectivity index (χ3n) is 11.5. The van der Waals surface area contributed by atoms with Crippen molar-refractivity contribution in [2.75, 3.05) is 0 Å². The standard InChI is InChI=1S/C46H30/c1-7-19-33-27(13-1)28-14-2-8-20-34(28)43(33)45-37-23-11-5-17-31(37)39-26-42-40(25-41(39)45)32-18-6-12-24-38(32)46(42)44-35-21-9-3-15-29(35)30-16-4-10-22-36(30)44/h1-26,43-46H. The first-order valence-electron chi connectivity index (χ1n) is 16.6. The zero-order valence-electron chi connectivity index (χ0n) is 25.3. The van der Waals surface area contributed by atoms with E-state index in [4.69, 9.17) is 0 Å². The van der Waals surface area contributed by atoms with Crippen molar-refractivity contribution in [3.05, 3.63) is 202 Å². The molecule has 2 atom stereocenters. The third kappa shape index (κ3) is 3.09. The lowest BCUT2D eigenvalue weighted by Crippen LogP contribution is -2.11. The molecule has 214 valence electrons. The highest BCUT2D eigenvalue weighted by Crippen LogP contribution is 2.63. The van der Waals surface area contributed by atoms with Crippen molar-refractivity contribution < 1.29 is 0 Å². The van der Waals surface area contributed by atoms with Gasteiger partial charge in [-0.15, -0.1) is 0 Å². The second-order valence-corrected chi connectivity index (χ2v) is 13.5. The van der Waals surface area contributed by atoms with Gasteiger partial charge in [0.2, 0.25) is 0 Å². The highest BCUT2D eigenvalue weighted by molar-refractivity contribution is 5.91. The van der Waals surface area contributed by atoms with Crippen molar-refractivity contribution >= 4 is 0 Å². The Labute approximate surface area is 269 Å². The second-order valence-electron chi connectivity index (χ2n) is 13.5. The molecule has 0 radical (unpaired) electrons. The topological polar surface area (TPSA) is 0 Å². The molecule has 0 heterocycles. The lowest BCUT2D eigenvalue weighted by molar-refractivity contribution is 0.717. The summed E-state index contributed by atoms with van der Waals surface area (Å²) >= 11 is 0. The molecule has 7 aromatic carbocycles. The predicted octanol–water partition coefficient (Wildman–Crippen LogP) is 11.5. The van der Waals surface area contributed by atoms with Gasteiger partial charge < -0.3 is 0 Å². The van der Waals surface area contributed by atoms with E-state index in [1.54, 1.807) is 0 Å². The SMILES string of the molecule is c1ccc2c(c1)-c1ccccc1C2C1c2ccccc2-c2cc3c(cc21)-c1ccccc1C3C1c2ccccc2-c2ccccc21. The molecule has 0 aromatic heterocycles. The Bertz CT molecular complexity index is 2150. The molecule has 0 fully saturated rings. The van der Waals surface area contributed by atoms with Crippen LogP contribution in [0.1, 0.15) is 68.2 Å². The first-order valence-corrected chi connectivity index (χ1v) is 16.6. The molecule has 4 aliphatic carbocycles. The fourth-order valence-electron chi connectivity index (χ4n) is 9.80. The van der Waals surface area contributed by atoms with Crippen LogP contribution in [0.25, 0.3) is 44.5 Å². The van der Waals surface area contributed by atoms with E-state index in [2.05, 4.69) is 158 Å². The normalized spacial score (nSPS) is 17.8. The maximum Gasteiger partial charge on any atom is 0.0212 e. The summed E-state index contributed by atoms with van der Waals surface area (Å²) < 4.78 is 0. The largest absolute Gasteiger partial charge is 0.0619 e. The van der Waals surface area contributed by atoms with Crippen LogP contribution in [0.15, 0.2) is 158 Å². The monoisotopic (exact) mass is 582 g/mol. The summed E-state index contributed by atoms with van der Waals surface area (Å²) in [5.41, 5.74) is 22.8. The Morgan fingerprint density at radius 3 is 0.652 bits per heavy atom. The van der Waals surface area contributed by atoms with Crippen molar-refractivity contribution in [3.8, 4) is 44.5 Å². The van der Waals surface area contributed by atoms with Crippen LogP contribution in [-0.4, -0.2) is 0 Å². The minimum atomic E-state index is 0.264. The van der Waals surface area contributed by atoms with Crippen molar-refractivity contribution in [2.45, 2.75) is 23.7 Å². The van der Waals surface area contributed by atoms with Gasteiger partial charge in [-0.05, 0) is 101 Å². The Kier molecular flexibility index (Phi) is 4.88. The van der Waals surface area contributed by atoms with Gasteiger partial charge in [0.25, 0.3) is 0 Å². The maximum atomic E-state index is 2.60. The minimum Gasteiger partial charge on any atom is -0.0619 e. The number of fused-ring (bicyclic) bond motifs is 12. The molecule has 0 bridgehead atoms. The van der Waals surface area contributed by atoms with Gasteiger partial charge in [0.15, 0.2) is 0 Å². The quantitative estimate of drug-likeness (QED) is 0.190. The second kappa shape index (κ2) is 9.05. The molecule has 4 aliphatic rings. The summed E-state index contributed by atoms with van der Waals surface area (Å²) in [7, 11) is 0. The molecule has 0 saturated carbocycles. The molecule has 46 heavy (non-hydrogen) atoms. The molecule has 11 rings (SSSR count). The van der Waals surface area contributed by atoms with E-state index in [0.29, 0.717) is 0 Å². The summed E-state index contributed by atoms with van der Waals surface area (Å²) in [4.78, 5) is 0. The van der Waals surface area contributed by atoms with Crippen LogP contribution in [0.3, 0.4) is 0 Å². The number of benzene rings is 7. The summed E-state index contributed by atoms with van der Waals surface area (Å²) in [6, 6.07) is 60.1. The lowest BCUT2D eigenvalue weighted by Gasteiger charge is -2.26. The van der Waals surface area contributed by atoms with Crippen LogP contribution < -0.4 is 0 Å². The van der Waals surface area contributed by atoms with Gasteiger partial charge in [-0.2, -0.15) is 0 Å². The third-order valence-corrected chi connectivity index (χ3v) is 11.5. The molecular weight excluding hydrogens is 553 g/mol. The van der Waals surface area contributed by atoms with Gasteiger partial charge in [-0.1, -0.05) is 146 Å². The van der Waals surface area contributed by atoms with Gasteiger partial charge in [0, 0.05) is 23.7 Å². The predicted molar refractivity (Wildman–Crippen MR) is 188 cm³/mol. The maximum absolute atomic E-state index is 2.60. The van der Waals surface area contributed by atoms with E-state index in [-0.39, 0.29) is 23.7 Å². The Hall–Kier alpha value is -5.46. The van der Waals surface area contributed by atoms with Crippen molar-refractivity contribution in [2.24, 2.45) is 0 Å². The van der Waals surface area contributed by atoms with Crippen LogP contribution >= 0.6 is 0 Å². The molecule has 0 nitrogen and oxygen atoms in total. The van der Waals surface area contributed by atoms with E-state index >= 15 is 0 Å². The molecule has 0 aliphatic heterocycles. The lowest BCUT2D eigenvalue weighted by atomic mass is 9.76.